The van der Waals surface area contributed by atoms with Crippen LogP contribution in [0.15, 0.2) is 36.4 Å². The average Bonchev–Trinajstić information content (AvgIpc) is 2.76. The number of aryl methyl sites for hydroxylation is 1. The first-order valence-corrected chi connectivity index (χ1v) is 12.3. The highest BCUT2D eigenvalue weighted by Crippen LogP contribution is 2.30. The smallest absolute Gasteiger partial charge is 0.419 e. The second-order valence-corrected chi connectivity index (χ2v) is 13.9. The Bertz CT molecular complexity index is 971. The maximum absolute atomic E-state index is 13.0. The van der Waals surface area contributed by atoms with E-state index in [1.807, 2.05) is 27.7 Å². The third kappa shape index (κ3) is 3.36. The molecule has 0 atom stereocenters. The molecule has 132 valence electrons. The minimum absolute atomic E-state index is 0.314. The molecule has 0 amide bonds. The average molecular weight is 354 g/mol. The van der Waals surface area contributed by atoms with Crippen molar-refractivity contribution < 1.29 is 9.53 Å². The van der Waals surface area contributed by atoms with E-state index < -0.39 is 13.7 Å². The maximum Gasteiger partial charge on any atom is 0.419 e. The van der Waals surface area contributed by atoms with Gasteiger partial charge in [-0.05, 0) is 45.4 Å². The van der Waals surface area contributed by atoms with Crippen LogP contribution >= 0.6 is 0 Å². The third-order valence-corrected chi connectivity index (χ3v) is 6.41. The fourth-order valence-corrected chi connectivity index (χ4v) is 4.25. The van der Waals surface area contributed by atoms with Gasteiger partial charge in [-0.25, -0.2) is 9.36 Å². The lowest BCUT2D eigenvalue weighted by molar-refractivity contribution is 0.0551. The van der Waals surface area contributed by atoms with E-state index in [1.165, 1.54) is 5.19 Å². The Balaban J connectivity index is 2.36. The number of hydrogen-bond donors (Lipinski definition) is 0. The molecule has 0 fully saturated rings. The Hall–Kier alpha value is -2.07. The molecule has 0 bridgehead atoms. The van der Waals surface area contributed by atoms with Crippen LogP contribution < -0.4 is 5.19 Å². The minimum atomic E-state index is -1.48. The van der Waals surface area contributed by atoms with Crippen molar-refractivity contribution in [1.29, 1.82) is 0 Å². The molecule has 0 aliphatic rings. The van der Waals surface area contributed by atoms with Gasteiger partial charge in [0, 0.05) is 10.8 Å². The Morgan fingerprint density at radius 1 is 0.960 bits per heavy atom. The van der Waals surface area contributed by atoms with Crippen molar-refractivity contribution in [3.05, 3.63) is 42.0 Å². The van der Waals surface area contributed by atoms with E-state index in [0.717, 1.165) is 27.4 Å². The first-order chi connectivity index (χ1) is 11.5. The van der Waals surface area contributed by atoms with Gasteiger partial charge in [0.2, 0.25) is 0 Å². The Kier molecular flexibility index (Phi) is 4.07. The van der Waals surface area contributed by atoms with Crippen LogP contribution in [0, 0.1) is 6.92 Å². The van der Waals surface area contributed by atoms with Gasteiger partial charge in [0.25, 0.3) is 0 Å². The molecule has 3 rings (SSSR count). The number of ether oxygens (including phenoxy) is 1. The highest BCUT2D eigenvalue weighted by molar-refractivity contribution is 6.88. The van der Waals surface area contributed by atoms with Crippen molar-refractivity contribution >= 4 is 41.2 Å². The van der Waals surface area contributed by atoms with Crippen LogP contribution in [-0.2, 0) is 4.74 Å². The second kappa shape index (κ2) is 5.73. The van der Waals surface area contributed by atoms with E-state index in [-0.39, 0.29) is 6.09 Å². The molecule has 1 aromatic heterocycles. The quantitative estimate of drug-likeness (QED) is 0.546. The van der Waals surface area contributed by atoms with Crippen molar-refractivity contribution in [3.8, 4) is 0 Å². The van der Waals surface area contributed by atoms with Gasteiger partial charge in [0.15, 0.2) is 0 Å². The Morgan fingerprint density at radius 2 is 1.52 bits per heavy atom. The molecule has 3 nitrogen and oxygen atoms in total. The maximum atomic E-state index is 13.0. The van der Waals surface area contributed by atoms with Gasteiger partial charge >= 0.3 is 6.09 Å². The van der Waals surface area contributed by atoms with E-state index in [2.05, 4.69) is 56.0 Å². The molecular formula is C21H27NO2Si. The number of rotatable bonds is 1. The summed E-state index contributed by atoms with van der Waals surface area (Å²) in [5.74, 6) is 0. The number of fused-ring (bicyclic) bond motifs is 3. The van der Waals surface area contributed by atoms with Crippen molar-refractivity contribution in [2.24, 2.45) is 0 Å². The van der Waals surface area contributed by atoms with Gasteiger partial charge in [-0.15, -0.1) is 0 Å². The number of aromatic nitrogens is 1. The van der Waals surface area contributed by atoms with Crippen molar-refractivity contribution in [2.45, 2.75) is 52.9 Å². The summed E-state index contributed by atoms with van der Waals surface area (Å²) in [5, 5.41) is 3.53. The van der Waals surface area contributed by atoms with Crippen molar-refractivity contribution in [1.82, 2.24) is 4.57 Å². The van der Waals surface area contributed by atoms with E-state index in [9.17, 15) is 4.79 Å². The molecule has 4 heteroatoms. The summed E-state index contributed by atoms with van der Waals surface area (Å²) in [7, 11) is -1.48. The van der Waals surface area contributed by atoms with Crippen LogP contribution in [0.25, 0.3) is 21.8 Å². The number of hydrogen-bond acceptors (Lipinski definition) is 2. The highest BCUT2D eigenvalue weighted by atomic mass is 28.3. The van der Waals surface area contributed by atoms with Gasteiger partial charge in [-0.2, -0.15) is 0 Å². The number of carbonyl (C=O) groups is 1. The zero-order valence-corrected chi connectivity index (χ0v) is 17.2. The largest absolute Gasteiger partial charge is 0.443 e. The molecule has 0 spiro atoms. The molecule has 0 aliphatic heterocycles. The van der Waals surface area contributed by atoms with Crippen LogP contribution in [-0.4, -0.2) is 24.3 Å². The van der Waals surface area contributed by atoms with Crippen LogP contribution in [0.3, 0.4) is 0 Å². The van der Waals surface area contributed by atoms with Crippen LogP contribution in [0.4, 0.5) is 4.79 Å². The molecule has 2 aromatic carbocycles. The SMILES string of the molecule is Cc1ccc2c3ccc([Si](C)(C)C)cc3n(C(=O)OC(C)(C)C)c2c1. The molecule has 0 N–H and O–H groups in total. The number of nitrogens with zero attached hydrogens (tertiary/aromatic N) is 1. The van der Waals surface area contributed by atoms with Crippen molar-refractivity contribution in [3.63, 3.8) is 0 Å². The highest BCUT2D eigenvalue weighted by Gasteiger charge is 2.24. The molecule has 0 saturated heterocycles. The minimum Gasteiger partial charge on any atom is -0.443 e. The standard InChI is InChI=1S/C21H27NO2Si/c1-14-8-10-16-17-11-9-15(25(5,6)7)13-19(17)22(18(16)12-14)20(23)24-21(2,3)4/h8-13H,1-7H3. The van der Waals surface area contributed by atoms with E-state index in [0.29, 0.717) is 0 Å². The summed E-state index contributed by atoms with van der Waals surface area (Å²) in [6, 6.07) is 12.8. The lowest BCUT2D eigenvalue weighted by Crippen LogP contribution is -2.37. The summed E-state index contributed by atoms with van der Waals surface area (Å²) in [5.41, 5.74) is 2.46. The second-order valence-electron chi connectivity index (χ2n) is 8.82. The summed E-state index contributed by atoms with van der Waals surface area (Å²) < 4.78 is 7.44. The molecule has 0 radical (unpaired) electrons. The van der Waals surface area contributed by atoms with Crippen LogP contribution in [0.5, 0.6) is 0 Å². The van der Waals surface area contributed by atoms with Gasteiger partial charge in [0.05, 0.1) is 19.1 Å². The van der Waals surface area contributed by atoms with Gasteiger partial charge in [0.1, 0.15) is 5.60 Å². The normalized spacial score (nSPS) is 12.8. The van der Waals surface area contributed by atoms with Gasteiger partial charge < -0.3 is 4.74 Å². The van der Waals surface area contributed by atoms with Crippen molar-refractivity contribution in [2.75, 3.05) is 0 Å². The van der Waals surface area contributed by atoms with E-state index >= 15 is 0 Å². The topological polar surface area (TPSA) is 31.2 Å². The molecule has 3 aromatic rings. The number of carbonyl (C=O) groups excluding carboxylic acids is 1. The van der Waals surface area contributed by atoms with Gasteiger partial charge in [-0.1, -0.05) is 49.1 Å². The van der Waals surface area contributed by atoms with Gasteiger partial charge in [-0.3, -0.25) is 0 Å². The summed E-state index contributed by atoms with van der Waals surface area (Å²) in [6.07, 6.45) is -0.314. The first kappa shape index (κ1) is 17.7. The fourth-order valence-electron chi connectivity index (χ4n) is 3.10. The predicted octanol–water partition coefficient (Wildman–Crippen LogP) is 5.43. The molecule has 0 aliphatic carbocycles. The van der Waals surface area contributed by atoms with E-state index in [1.54, 1.807) is 4.57 Å². The summed E-state index contributed by atoms with van der Waals surface area (Å²) >= 11 is 0. The third-order valence-electron chi connectivity index (χ3n) is 4.37. The summed E-state index contributed by atoms with van der Waals surface area (Å²) in [6.45, 7) is 14.7. The molecular weight excluding hydrogens is 326 g/mol. The Morgan fingerprint density at radius 3 is 2.08 bits per heavy atom. The molecule has 1 heterocycles. The van der Waals surface area contributed by atoms with E-state index in [4.69, 9.17) is 4.74 Å². The zero-order valence-electron chi connectivity index (χ0n) is 16.2. The monoisotopic (exact) mass is 353 g/mol. The molecule has 0 saturated carbocycles. The zero-order chi connectivity index (χ0) is 18.6. The Labute approximate surface area is 150 Å². The predicted molar refractivity (Wildman–Crippen MR) is 109 cm³/mol. The number of benzene rings is 2. The fraction of sp³-hybridized carbons (Fsp3) is 0.381. The van der Waals surface area contributed by atoms with Crippen LogP contribution in [0.1, 0.15) is 26.3 Å². The lowest BCUT2D eigenvalue weighted by Gasteiger charge is -2.21. The first-order valence-electron chi connectivity index (χ1n) is 8.76. The van der Waals surface area contributed by atoms with Crippen LogP contribution in [0.2, 0.25) is 19.6 Å². The lowest BCUT2D eigenvalue weighted by atomic mass is 10.1. The summed E-state index contributed by atoms with van der Waals surface area (Å²) in [4.78, 5) is 13.0. The molecule has 0 unspecified atom stereocenters. The molecule has 25 heavy (non-hydrogen) atoms.